The number of carboxylic acid groups (broad SMARTS) is 5. The summed E-state index contributed by atoms with van der Waals surface area (Å²) >= 11 is 0. The number of carbonyl (C=O) groups excluding carboxylic acids is 11. The van der Waals surface area contributed by atoms with Gasteiger partial charge in [0.2, 0.25) is 35.5 Å². The number of aliphatic hydroxyl groups is 10. The van der Waals surface area contributed by atoms with Crippen LogP contribution in [0.15, 0.2) is 65.7 Å². The number of amides is 7. The van der Waals surface area contributed by atoms with Crippen molar-refractivity contribution in [3.05, 3.63) is 99.6 Å². The second-order valence-corrected chi connectivity index (χ2v) is 33.3. The molecule has 0 saturated carbocycles. The fourth-order valence-electron chi connectivity index (χ4n) is 12.7. The highest BCUT2D eigenvalue weighted by molar-refractivity contribution is 8.76. The Bertz CT molecular complexity index is 5210. The van der Waals surface area contributed by atoms with Crippen molar-refractivity contribution >= 4 is 162 Å². The van der Waals surface area contributed by atoms with E-state index >= 15 is 0 Å². The molecule has 4 aromatic heterocycles. The number of carboxylic acids is 5. The Morgan fingerprint density at radius 2 is 0.896 bits per heavy atom. The Morgan fingerprint density at radius 1 is 0.452 bits per heavy atom. The number of benzene rings is 2. The second-order valence-electron chi connectivity index (χ2n) is 30.7. The number of rotatable bonds is 63. The number of aliphatic carboxylic acids is 5. The molecule has 4 heterocycles. The third kappa shape index (κ3) is 37.6. The standard InChI is InChI=1S/C81H107N19O33S2/c1-37-90-70(82)64-71(91-37)88-30-44(92-64)28-84-42-8-4-39(5-9-42)74(123)98-50(79(129)130)16-23-63(117)133-24-25-134-135-36-51(80(131)132)94-60(112)20-17-52(104)47(14-21-61(113)114)95-76(125)41(7-19-59(111)87-33-55(107)67(119)69(121)57(109)35-102)27-53(105)48(15-22-62(115)116)96-75(124)40(6-18-58(110)86-32-54(106)66(118)68(120)56(108)34-101)26-46(103)12-13-49(78(127)128)97-73(122)38-2-10-43(11-3-38)85-29-45-31-89-72-65(93-45)77(126)100-81(83)99-72/h2-5,8-11,30-31,40-41,47-51,54-57,66-69,84-85,101-102,106-109,118-121H,6-7,12-29,32-36H2,1H3,(H,86,110)(H,87,111)(H,94,112)(H,95,125)(H,96,124)(H,97,122)(H,98,123)(H,113,114)(H,115,116)(H,127,128)(H,129,130)(H,131,132)(H2,82,88,90,91)(H3,83,89,99,100,126)/t40-,41-,47+,48+,49+,50+,51+,54+,55+,56-,57-,66-,67-,68-,69-/m1/s1. The number of nitrogens with one attached hydrogen (secondary N) is 10. The first-order valence-corrected chi connectivity index (χ1v) is 44.2. The van der Waals surface area contributed by atoms with E-state index in [0.717, 1.165) is 21.6 Å². The lowest BCUT2D eigenvalue weighted by atomic mass is 9.89. The van der Waals surface area contributed by atoms with Gasteiger partial charge in [-0.15, -0.1) is 0 Å². The molecule has 0 unspecified atom stereocenters. The van der Waals surface area contributed by atoms with Crippen LogP contribution in [0.1, 0.15) is 141 Å². The van der Waals surface area contributed by atoms with Crippen LogP contribution in [0, 0.1) is 18.8 Å². The zero-order valence-corrected chi connectivity index (χ0v) is 73.9. The third-order valence-corrected chi connectivity index (χ3v) is 22.7. The molecule has 7 amide bonds. The molecule has 15 atom stereocenters. The van der Waals surface area contributed by atoms with Gasteiger partial charge in [-0.2, -0.15) is 4.98 Å². The van der Waals surface area contributed by atoms with Crippen molar-refractivity contribution in [1.82, 2.24) is 77.1 Å². The maximum Gasteiger partial charge on any atom is 0.327 e. The molecule has 0 radical (unpaired) electrons. The highest BCUT2D eigenvalue weighted by Gasteiger charge is 2.37. The summed E-state index contributed by atoms with van der Waals surface area (Å²) in [5, 5.41) is 172. The molecule has 52 nitrogen and oxygen atoms in total. The van der Waals surface area contributed by atoms with Gasteiger partial charge in [-0.3, -0.25) is 72.1 Å². The number of hydrogen-bond acceptors (Lipinski definition) is 41. The van der Waals surface area contributed by atoms with Gasteiger partial charge >= 0.3 is 35.8 Å². The van der Waals surface area contributed by atoms with Gasteiger partial charge in [-0.25, -0.2) is 44.3 Å². The fourth-order valence-corrected chi connectivity index (χ4v) is 14.7. The molecule has 54 heteroatoms. The molecule has 0 spiro atoms. The summed E-state index contributed by atoms with van der Waals surface area (Å²) in [4.78, 5) is 256. The number of H-pyrrole nitrogens is 1. The number of aryl methyl sites for hydroxylation is 1. The van der Waals surface area contributed by atoms with E-state index in [4.69, 9.17) is 16.2 Å². The number of Topliss-reactive ketones (excluding diaryl/α,β-unsaturated/α-hetero) is 3. The summed E-state index contributed by atoms with van der Waals surface area (Å²) in [5.41, 5.74) is 13.2. The first-order chi connectivity index (χ1) is 63.9. The van der Waals surface area contributed by atoms with Crippen molar-refractivity contribution in [2.24, 2.45) is 11.8 Å². The van der Waals surface area contributed by atoms with Crippen LogP contribution in [0.25, 0.3) is 22.3 Å². The smallest absolute Gasteiger partial charge is 0.327 e. The Kier molecular flexibility index (Phi) is 45.3. The largest absolute Gasteiger partial charge is 0.481 e. The summed E-state index contributed by atoms with van der Waals surface area (Å²) in [6, 6.07) is 2.63. The van der Waals surface area contributed by atoms with Crippen molar-refractivity contribution in [3.8, 4) is 0 Å². The van der Waals surface area contributed by atoms with Crippen molar-refractivity contribution in [1.29, 1.82) is 0 Å². The number of fused-ring (bicyclic) bond motifs is 2. The maximum absolute atomic E-state index is 14.7. The molecule has 2 aromatic carbocycles. The zero-order chi connectivity index (χ0) is 99.9. The number of ether oxygens (including phenoxy) is 1. The van der Waals surface area contributed by atoms with Crippen molar-refractivity contribution in [2.45, 2.75) is 202 Å². The van der Waals surface area contributed by atoms with Gasteiger partial charge in [-0.1, -0.05) is 21.6 Å². The molecule has 0 aliphatic heterocycles. The molecule has 29 N–H and O–H groups in total. The second kappa shape index (κ2) is 55.4. The predicted molar refractivity (Wildman–Crippen MR) is 471 cm³/mol. The lowest BCUT2D eigenvalue weighted by molar-refractivity contribution is -0.144. The number of aliphatic hydroxyl groups excluding tert-OH is 10. The summed E-state index contributed by atoms with van der Waals surface area (Å²) < 4.78 is 5.19. The van der Waals surface area contributed by atoms with E-state index in [0.29, 0.717) is 39.8 Å². The van der Waals surface area contributed by atoms with Crippen LogP contribution < -0.4 is 64.9 Å². The molecule has 6 aromatic rings. The Hall–Kier alpha value is -13.3. The van der Waals surface area contributed by atoms with Crippen LogP contribution in [-0.2, 0) is 84.9 Å². The predicted octanol–water partition coefficient (Wildman–Crippen LogP) is -5.87. The van der Waals surface area contributed by atoms with Gasteiger partial charge in [0.1, 0.15) is 73.0 Å². The van der Waals surface area contributed by atoms with Crippen LogP contribution >= 0.6 is 21.6 Å². The maximum atomic E-state index is 14.7. The van der Waals surface area contributed by atoms with Gasteiger partial charge in [0.25, 0.3) is 17.4 Å². The molecule has 736 valence electrons. The van der Waals surface area contributed by atoms with E-state index in [9.17, 15) is 158 Å². The molecule has 0 fully saturated rings. The Labute approximate surface area is 773 Å². The Morgan fingerprint density at radius 3 is 1.37 bits per heavy atom. The van der Waals surface area contributed by atoms with Crippen LogP contribution in [0.5, 0.6) is 0 Å². The molecule has 0 aliphatic carbocycles. The minimum Gasteiger partial charge on any atom is -0.481 e. The van der Waals surface area contributed by atoms with E-state index in [1.807, 2.05) is 0 Å². The van der Waals surface area contributed by atoms with E-state index in [2.05, 4.69) is 87.7 Å². The van der Waals surface area contributed by atoms with Gasteiger partial charge in [0.15, 0.2) is 39.7 Å². The Balaban J connectivity index is 1.09. The average Bonchev–Trinajstić information content (AvgIpc) is 0.811. The molecule has 0 saturated heterocycles. The number of nitrogen functional groups attached to an aromatic ring is 2. The lowest BCUT2D eigenvalue weighted by Crippen LogP contribution is -2.50. The monoisotopic (exact) mass is 1940 g/mol. The fraction of sp³-hybridized carbons (Fsp3) is 0.506. The minimum atomic E-state index is -2.20. The van der Waals surface area contributed by atoms with Crippen LogP contribution in [0.2, 0.25) is 0 Å². The molecule has 0 bridgehead atoms. The highest BCUT2D eigenvalue weighted by atomic mass is 33.1. The van der Waals surface area contributed by atoms with Crippen LogP contribution in [0.4, 0.5) is 23.1 Å². The van der Waals surface area contributed by atoms with Crippen LogP contribution in [0.3, 0.4) is 0 Å². The number of anilines is 4. The van der Waals surface area contributed by atoms with Gasteiger partial charge in [0.05, 0.1) is 74.4 Å². The van der Waals surface area contributed by atoms with Gasteiger partial charge in [0, 0.05) is 123 Å². The average molecular weight is 1940 g/mol. The summed E-state index contributed by atoms with van der Waals surface area (Å²) in [7, 11) is 1.87. The third-order valence-electron chi connectivity index (χ3n) is 20.3. The number of carbonyl (C=O) groups is 16. The number of aromatic nitrogens is 8. The summed E-state index contributed by atoms with van der Waals surface area (Å²) in [6.07, 6.45) is -26.1. The molecular weight excluding hydrogens is 1830 g/mol. The number of nitrogens with two attached hydrogens (primary N) is 2. The van der Waals surface area contributed by atoms with Gasteiger partial charge < -0.3 is 141 Å². The quantitative estimate of drug-likeness (QED) is 0.00960. The number of ketones is 3. The SMILES string of the molecule is Cc1nc(N)c2nc(CNc3ccc(C(=O)N[C@@H](CCC(=O)OCCSSC[C@H](NC(=O)CCC(=O)[C@H](CCC(=O)O)NC(=O)[C@H](CCC(=O)NC[C@H](O)[C@@H](O)[C@H](O)[C@H](O)CO)CC(=O)[C@H](CCC(=O)O)NC(=O)[C@H](CCC(=O)NC[C@H](O)[C@@H](O)[C@H](O)[C@H](O)CO)CC(=O)CC[C@H](NC(=O)c4ccc(NCc5cnc6nc(N)[nH]c(=O)c6n5)cc4)C(=O)O)C(=O)O)C(=O)O)cc3)cnc2n1. The molecule has 135 heavy (non-hydrogen) atoms. The van der Waals surface area contributed by atoms with Gasteiger partial charge in [-0.05, 0) is 94.0 Å². The van der Waals surface area contributed by atoms with E-state index in [-0.39, 0.29) is 71.7 Å². The normalized spacial score (nSPS) is 14.7. The lowest BCUT2D eigenvalue weighted by Gasteiger charge is -2.26. The molecule has 0 aliphatic rings. The first-order valence-electron chi connectivity index (χ1n) is 41.7. The van der Waals surface area contributed by atoms with Crippen molar-refractivity contribution < 1.29 is 158 Å². The number of nitrogens with zero attached hydrogens (tertiary/aromatic N) is 7. The highest BCUT2D eigenvalue weighted by Crippen LogP contribution is 2.25. The zero-order valence-electron chi connectivity index (χ0n) is 72.3. The summed E-state index contributed by atoms with van der Waals surface area (Å²) in [6.45, 7) is -2.28. The van der Waals surface area contributed by atoms with Crippen molar-refractivity contribution in [2.75, 3.05) is 66.5 Å². The first kappa shape index (κ1) is 110. The summed E-state index contributed by atoms with van der Waals surface area (Å²) in [5.74, 6) is -22.9. The number of esters is 1. The van der Waals surface area contributed by atoms with E-state index in [1.165, 1.54) is 48.8 Å². The topological polar surface area (TPSA) is 869 Å². The number of aromatic amines is 1. The van der Waals surface area contributed by atoms with Crippen LogP contribution in [-0.4, -0.2) is 334 Å². The van der Waals surface area contributed by atoms with E-state index < -0.39 is 314 Å². The van der Waals surface area contributed by atoms with Crippen molar-refractivity contribution in [3.63, 3.8) is 0 Å². The molecular formula is C81H107N19O33S2. The number of hydrogen-bond donors (Lipinski definition) is 27. The molecule has 6 rings (SSSR count). The van der Waals surface area contributed by atoms with E-state index in [1.54, 1.807) is 19.1 Å². The minimum absolute atomic E-state index is 0.00730.